The summed E-state index contributed by atoms with van der Waals surface area (Å²) in [4.78, 5) is 2.30. The van der Waals surface area contributed by atoms with Crippen LogP contribution < -0.4 is 0 Å². The van der Waals surface area contributed by atoms with Crippen LogP contribution in [0.25, 0.3) is 5.69 Å². The van der Waals surface area contributed by atoms with E-state index in [2.05, 4.69) is 29.1 Å². The molecule has 0 saturated carbocycles. The Morgan fingerprint density at radius 3 is 2.75 bits per heavy atom. The van der Waals surface area contributed by atoms with Crippen LogP contribution in [0, 0.1) is 11.7 Å². The van der Waals surface area contributed by atoms with E-state index in [1.165, 1.54) is 5.56 Å². The molecule has 1 aromatic heterocycles. The lowest BCUT2D eigenvalue weighted by Crippen LogP contribution is -2.37. The van der Waals surface area contributed by atoms with Crippen LogP contribution in [0.5, 0.6) is 0 Å². The molecule has 0 N–H and O–H groups in total. The fraction of sp³-hybridized carbons (Fsp3) is 0.429. The molecule has 0 aliphatic carbocycles. The molecule has 0 atom stereocenters. The van der Waals surface area contributed by atoms with Gasteiger partial charge in [-0.15, -0.1) is 0 Å². The van der Waals surface area contributed by atoms with E-state index in [-0.39, 0.29) is 0 Å². The zero-order valence-corrected chi connectivity index (χ0v) is 12.3. The first-order chi connectivity index (χ1) is 9.75. The highest BCUT2D eigenvalue weighted by atomic mass is 32.1. The van der Waals surface area contributed by atoms with Gasteiger partial charge in [-0.05, 0) is 30.8 Å². The molecule has 0 amide bonds. The molecule has 0 spiro atoms. The lowest BCUT2D eigenvalue weighted by molar-refractivity contribution is 0.0210. The number of hydrogen-bond acceptors (Lipinski definition) is 4. The van der Waals surface area contributed by atoms with Crippen molar-refractivity contribution in [2.24, 2.45) is 0 Å². The van der Waals surface area contributed by atoms with Crippen molar-refractivity contribution in [3.05, 3.63) is 40.9 Å². The molecule has 20 heavy (non-hydrogen) atoms. The summed E-state index contributed by atoms with van der Waals surface area (Å²) in [7, 11) is 0. The lowest BCUT2D eigenvalue weighted by Gasteiger charge is -2.26. The molecule has 0 radical (unpaired) electrons. The van der Waals surface area contributed by atoms with Gasteiger partial charge in [0.1, 0.15) is 6.33 Å². The monoisotopic (exact) mass is 290 g/mol. The number of para-hydroxylation sites is 1. The molecule has 6 heteroatoms. The molecule has 1 aromatic carbocycles. The van der Waals surface area contributed by atoms with Gasteiger partial charge in [-0.2, -0.15) is 5.10 Å². The van der Waals surface area contributed by atoms with E-state index in [0.29, 0.717) is 0 Å². The van der Waals surface area contributed by atoms with Crippen molar-refractivity contribution in [1.82, 2.24) is 19.2 Å². The molecule has 1 aliphatic rings. The highest BCUT2D eigenvalue weighted by Crippen LogP contribution is 2.14. The fourth-order valence-electron chi connectivity index (χ4n) is 2.37. The summed E-state index contributed by atoms with van der Waals surface area (Å²) in [6.45, 7) is 6.23. The topological polar surface area (TPSA) is 35.2 Å². The van der Waals surface area contributed by atoms with Gasteiger partial charge < -0.3 is 4.74 Å². The van der Waals surface area contributed by atoms with Crippen LogP contribution in [-0.2, 0) is 11.4 Å². The highest BCUT2D eigenvalue weighted by Gasteiger charge is 2.13. The van der Waals surface area contributed by atoms with Crippen molar-refractivity contribution in [3.8, 4) is 5.69 Å². The molecule has 1 aliphatic heterocycles. The van der Waals surface area contributed by atoms with Crippen molar-refractivity contribution < 1.29 is 4.74 Å². The number of aryl methyl sites for hydroxylation is 1. The normalized spacial score (nSPS) is 16.4. The van der Waals surface area contributed by atoms with Crippen molar-refractivity contribution >= 4 is 12.2 Å². The van der Waals surface area contributed by atoms with Gasteiger partial charge in [-0.3, -0.25) is 9.47 Å². The van der Waals surface area contributed by atoms with Crippen LogP contribution in [0.1, 0.15) is 5.56 Å². The zero-order chi connectivity index (χ0) is 13.9. The third-order valence-electron chi connectivity index (χ3n) is 3.55. The van der Waals surface area contributed by atoms with Crippen LogP contribution in [0.3, 0.4) is 0 Å². The van der Waals surface area contributed by atoms with Gasteiger partial charge in [0, 0.05) is 13.1 Å². The summed E-state index contributed by atoms with van der Waals surface area (Å²) in [6, 6.07) is 8.19. The second kappa shape index (κ2) is 5.87. The predicted molar refractivity (Wildman–Crippen MR) is 79.5 cm³/mol. The summed E-state index contributed by atoms with van der Waals surface area (Å²) >= 11 is 5.54. The van der Waals surface area contributed by atoms with Gasteiger partial charge in [-0.1, -0.05) is 18.2 Å². The fourth-order valence-corrected chi connectivity index (χ4v) is 2.62. The number of morpholine rings is 1. The number of nitrogens with zero attached hydrogens (tertiary/aromatic N) is 4. The van der Waals surface area contributed by atoms with Crippen LogP contribution in [-0.4, -0.2) is 45.6 Å². The average molecular weight is 290 g/mol. The quantitative estimate of drug-likeness (QED) is 0.810. The molecule has 2 heterocycles. The zero-order valence-electron chi connectivity index (χ0n) is 11.5. The molecule has 0 bridgehead atoms. The summed E-state index contributed by atoms with van der Waals surface area (Å²) < 4.78 is 9.91. The van der Waals surface area contributed by atoms with Crippen molar-refractivity contribution in [1.29, 1.82) is 0 Å². The minimum atomic E-state index is 0.723. The Morgan fingerprint density at radius 1 is 1.25 bits per heavy atom. The maximum atomic E-state index is 5.54. The number of rotatable bonds is 3. The maximum absolute atomic E-state index is 5.54. The van der Waals surface area contributed by atoms with Crippen LogP contribution >= 0.6 is 12.2 Å². The molecule has 2 aromatic rings. The predicted octanol–water partition coefficient (Wildman–Crippen LogP) is 2.00. The van der Waals surface area contributed by atoms with Gasteiger partial charge in [0.2, 0.25) is 4.77 Å². The highest BCUT2D eigenvalue weighted by molar-refractivity contribution is 7.71. The first kappa shape index (κ1) is 13.5. The van der Waals surface area contributed by atoms with E-state index in [1.54, 1.807) is 6.33 Å². The molecule has 3 rings (SSSR count). The van der Waals surface area contributed by atoms with Crippen molar-refractivity contribution in [2.45, 2.75) is 13.6 Å². The Labute approximate surface area is 123 Å². The summed E-state index contributed by atoms with van der Waals surface area (Å²) in [5, 5.41) is 4.42. The first-order valence-corrected chi connectivity index (χ1v) is 7.17. The SMILES string of the molecule is Cc1ccccc1-n1cnn(CN2CCOCC2)c1=S. The third kappa shape index (κ3) is 2.67. The van der Waals surface area contributed by atoms with Gasteiger partial charge in [0.15, 0.2) is 0 Å². The molecule has 1 fully saturated rings. The van der Waals surface area contributed by atoms with E-state index in [4.69, 9.17) is 17.0 Å². The Bertz CT molecular complexity index is 643. The average Bonchev–Trinajstić information content (AvgIpc) is 2.82. The lowest BCUT2D eigenvalue weighted by atomic mass is 10.2. The van der Waals surface area contributed by atoms with E-state index >= 15 is 0 Å². The van der Waals surface area contributed by atoms with Crippen LogP contribution in [0.4, 0.5) is 0 Å². The van der Waals surface area contributed by atoms with E-state index < -0.39 is 0 Å². The molecule has 0 unspecified atom stereocenters. The van der Waals surface area contributed by atoms with E-state index in [9.17, 15) is 0 Å². The summed E-state index contributed by atoms with van der Waals surface area (Å²) in [6.07, 6.45) is 1.80. The van der Waals surface area contributed by atoms with Gasteiger partial charge in [-0.25, -0.2) is 4.68 Å². The first-order valence-electron chi connectivity index (χ1n) is 6.76. The molecule has 106 valence electrons. The minimum absolute atomic E-state index is 0.723. The summed E-state index contributed by atoms with van der Waals surface area (Å²) in [5.74, 6) is 0. The number of benzene rings is 1. The smallest absolute Gasteiger partial charge is 0.203 e. The van der Waals surface area contributed by atoms with Crippen LogP contribution in [0.2, 0.25) is 0 Å². The Balaban J connectivity index is 1.85. The second-order valence-corrected chi connectivity index (χ2v) is 5.31. The molecule has 5 nitrogen and oxygen atoms in total. The van der Waals surface area contributed by atoms with Crippen molar-refractivity contribution in [3.63, 3.8) is 0 Å². The van der Waals surface area contributed by atoms with Gasteiger partial charge in [0.05, 0.1) is 25.6 Å². The number of ether oxygens (including phenoxy) is 1. The van der Waals surface area contributed by atoms with Crippen molar-refractivity contribution in [2.75, 3.05) is 26.3 Å². The van der Waals surface area contributed by atoms with Gasteiger partial charge >= 0.3 is 0 Å². The molecular weight excluding hydrogens is 272 g/mol. The number of aromatic nitrogens is 3. The Kier molecular flexibility index (Phi) is 3.95. The standard InChI is InChI=1S/C14H18N4OS/c1-12-4-2-3-5-13(12)17-10-15-18(14(17)20)11-16-6-8-19-9-7-16/h2-5,10H,6-9,11H2,1H3. The van der Waals surface area contributed by atoms with Crippen LogP contribution in [0.15, 0.2) is 30.6 Å². The largest absolute Gasteiger partial charge is 0.379 e. The third-order valence-corrected chi connectivity index (χ3v) is 3.95. The Hall–Kier alpha value is -1.50. The van der Waals surface area contributed by atoms with Gasteiger partial charge in [0.25, 0.3) is 0 Å². The molecule has 1 saturated heterocycles. The van der Waals surface area contributed by atoms with E-state index in [0.717, 1.165) is 43.4 Å². The number of hydrogen-bond donors (Lipinski definition) is 0. The summed E-state index contributed by atoms with van der Waals surface area (Å²) in [5.41, 5.74) is 2.28. The minimum Gasteiger partial charge on any atom is -0.379 e. The van der Waals surface area contributed by atoms with E-state index in [1.807, 2.05) is 21.4 Å². The maximum Gasteiger partial charge on any atom is 0.203 e. The molecular formula is C14H18N4OS. The Morgan fingerprint density at radius 2 is 2.00 bits per heavy atom. The second-order valence-electron chi connectivity index (χ2n) is 4.94.